The molecular formula is C25H29N5O4. The number of ether oxygens (including phenoxy) is 1. The van der Waals surface area contributed by atoms with Gasteiger partial charge in [-0.1, -0.05) is 6.07 Å². The van der Waals surface area contributed by atoms with Crippen LogP contribution in [0.5, 0.6) is 5.75 Å². The number of nitrogens with one attached hydrogen (secondary N) is 2. The van der Waals surface area contributed by atoms with Crippen molar-refractivity contribution in [2.75, 3.05) is 39.3 Å². The average molecular weight is 464 g/mol. The van der Waals surface area contributed by atoms with Crippen molar-refractivity contribution in [3.63, 3.8) is 0 Å². The maximum Gasteiger partial charge on any atom is 0.265 e. The minimum atomic E-state index is -0.233. The molecule has 0 aliphatic carbocycles. The number of carbonyl (C=O) groups is 2. The molecule has 0 radical (unpaired) electrons. The lowest BCUT2D eigenvalue weighted by molar-refractivity contribution is -0.120. The van der Waals surface area contributed by atoms with Gasteiger partial charge in [-0.25, -0.2) is 4.98 Å². The number of carbonyl (C=O) groups excluding carboxylic acids is 2. The van der Waals surface area contributed by atoms with Gasteiger partial charge in [-0.05, 0) is 49.7 Å². The van der Waals surface area contributed by atoms with Crippen LogP contribution in [0.4, 0.5) is 0 Å². The van der Waals surface area contributed by atoms with Crippen molar-refractivity contribution >= 4 is 22.7 Å². The molecule has 4 rings (SSSR count). The second kappa shape index (κ2) is 10.5. The molecule has 9 heteroatoms. The van der Waals surface area contributed by atoms with Crippen molar-refractivity contribution in [3.05, 3.63) is 64.2 Å². The summed E-state index contributed by atoms with van der Waals surface area (Å²) in [5.74, 6) is 0.472. The van der Waals surface area contributed by atoms with Gasteiger partial charge < -0.3 is 15.4 Å². The van der Waals surface area contributed by atoms with Crippen molar-refractivity contribution in [2.45, 2.75) is 20.3 Å². The molecule has 0 saturated carbocycles. The molecule has 0 bridgehead atoms. The predicted molar refractivity (Wildman–Crippen MR) is 130 cm³/mol. The predicted octanol–water partition coefficient (Wildman–Crippen LogP) is 1.64. The van der Waals surface area contributed by atoms with Gasteiger partial charge in [0.1, 0.15) is 18.7 Å². The van der Waals surface area contributed by atoms with Crippen LogP contribution in [0, 0.1) is 6.92 Å². The van der Waals surface area contributed by atoms with Gasteiger partial charge in [-0.2, -0.15) is 0 Å². The third-order valence-corrected chi connectivity index (χ3v) is 5.88. The number of aryl methyl sites for hydroxylation is 1. The summed E-state index contributed by atoms with van der Waals surface area (Å²) in [4.78, 5) is 43.7. The second-order valence-electron chi connectivity index (χ2n) is 8.25. The summed E-state index contributed by atoms with van der Waals surface area (Å²) in [5.41, 5.74) is 2.29. The zero-order valence-corrected chi connectivity index (χ0v) is 19.5. The average Bonchev–Trinajstić information content (AvgIpc) is 3.04. The summed E-state index contributed by atoms with van der Waals surface area (Å²) in [6.45, 7) is 7.54. The fourth-order valence-corrected chi connectivity index (χ4v) is 3.96. The van der Waals surface area contributed by atoms with Gasteiger partial charge in [0.25, 0.3) is 11.5 Å². The molecule has 2 heterocycles. The van der Waals surface area contributed by atoms with Gasteiger partial charge in [-0.15, -0.1) is 0 Å². The number of nitrogens with zero attached hydrogens (tertiary/aromatic N) is 3. The zero-order valence-electron chi connectivity index (χ0n) is 19.5. The summed E-state index contributed by atoms with van der Waals surface area (Å²) in [5, 5.41) is 6.08. The van der Waals surface area contributed by atoms with Crippen LogP contribution >= 0.6 is 0 Å². The molecule has 0 atom stereocenters. The van der Waals surface area contributed by atoms with E-state index in [1.165, 1.54) is 10.9 Å². The fraction of sp³-hybridized carbons (Fsp3) is 0.360. The highest BCUT2D eigenvalue weighted by atomic mass is 16.5. The van der Waals surface area contributed by atoms with Crippen molar-refractivity contribution in [1.29, 1.82) is 0 Å². The van der Waals surface area contributed by atoms with Crippen molar-refractivity contribution < 1.29 is 14.3 Å². The van der Waals surface area contributed by atoms with E-state index in [0.29, 0.717) is 67.1 Å². The van der Waals surface area contributed by atoms with E-state index < -0.39 is 0 Å². The Kier molecular flexibility index (Phi) is 7.22. The van der Waals surface area contributed by atoms with Gasteiger partial charge in [0, 0.05) is 44.7 Å². The summed E-state index contributed by atoms with van der Waals surface area (Å²) < 4.78 is 7.37. The van der Waals surface area contributed by atoms with Crippen molar-refractivity contribution in [2.24, 2.45) is 0 Å². The van der Waals surface area contributed by atoms with E-state index in [-0.39, 0.29) is 17.4 Å². The number of rotatable bonds is 7. The highest BCUT2D eigenvalue weighted by molar-refractivity contribution is 5.95. The molecule has 2 N–H and O–H groups in total. The highest BCUT2D eigenvalue weighted by Gasteiger charge is 2.14. The van der Waals surface area contributed by atoms with Crippen LogP contribution in [0.3, 0.4) is 0 Å². The largest absolute Gasteiger partial charge is 0.492 e. The van der Waals surface area contributed by atoms with Gasteiger partial charge in [0.2, 0.25) is 5.91 Å². The Hall–Kier alpha value is -3.72. The lowest BCUT2D eigenvalue weighted by atomic mass is 10.1. The first-order valence-electron chi connectivity index (χ1n) is 11.5. The first kappa shape index (κ1) is 23.4. The number of hydrogen-bond donors (Lipinski definition) is 2. The zero-order chi connectivity index (χ0) is 24.1. The summed E-state index contributed by atoms with van der Waals surface area (Å²) >= 11 is 0. The van der Waals surface area contributed by atoms with Gasteiger partial charge >= 0.3 is 0 Å². The minimum absolute atomic E-state index is 0.0773. The molecule has 1 aromatic heterocycles. The fourth-order valence-electron chi connectivity index (χ4n) is 3.96. The Bertz CT molecular complexity index is 1270. The lowest BCUT2D eigenvalue weighted by Crippen LogP contribution is -2.32. The number of benzene rings is 2. The maximum atomic E-state index is 13.4. The topological polar surface area (TPSA) is 106 Å². The molecule has 1 saturated heterocycles. The third kappa shape index (κ3) is 5.26. The molecule has 1 aliphatic rings. The molecule has 1 aliphatic heterocycles. The van der Waals surface area contributed by atoms with Gasteiger partial charge in [0.05, 0.1) is 16.6 Å². The summed E-state index contributed by atoms with van der Waals surface area (Å²) in [7, 11) is 0. The smallest absolute Gasteiger partial charge is 0.265 e. The number of aromatic nitrogens is 2. The van der Waals surface area contributed by atoms with Crippen LogP contribution in [0.1, 0.15) is 29.3 Å². The summed E-state index contributed by atoms with van der Waals surface area (Å²) in [6, 6.07) is 10.5. The highest BCUT2D eigenvalue weighted by Crippen LogP contribution is 2.19. The van der Waals surface area contributed by atoms with Crippen molar-refractivity contribution in [3.8, 4) is 11.4 Å². The van der Waals surface area contributed by atoms with E-state index >= 15 is 0 Å². The quantitative estimate of drug-likeness (QED) is 0.552. The monoisotopic (exact) mass is 463 g/mol. The lowest BCUT2D eigenvalue weighted by Gasteiger charge is -2.19. The van der Waals surface area contributed by atoms with Crippen LogP contribution in [0.2, 0.25) is 0 Å². The third-order valence-electron chi connectivity index (χ3n) is 5.88. The van der Waals surface area contributed by atoms with Gasteiger partial charge in [-0.3, -0.25) is 23.9 Å². The van der Waals surface area contributed by atoms with E-state index in [0.717, 1.165) is 12.1 Å². The Morgan fingerprint density at radius 1 is 1.18 bits per heavy atom. The molecule has 34 heavy (non-hydrogen) atoms. The van der Waals surface area contributed by atoms with Crippen LogP contribution in [-0.4, -0.2) is 65.6 Å². The van der Waals surface area contributed by atoms with E-state index in [1.54, 1.807) is 30.3 Å². The SMILES string of the molecule is CCNC(=O)c1ccc(C)c(-n2cnc3ccc(OCCN4CCNC(=O)CC4)cc3c2=O)c1. The molecule has 0 spiro atoms. The molecule has 3 aromatic rings. The van der Waals surface area contributed by atoms with E-state index in [1.807, 2.05) is 19.9 Å². The number of fused-ring (bicyclic) bond motifs is 1. The van der Waals surface area contributed by atoms with E-state index in [4.69, 9.17) is 4.74 Å². The Balaban J connectivity index is 1.55. The Morgan fingerprint density at radius 2 is 2.03 bits per heavy atom. The molecule has 2 aromatic carbocycles. The van der Waals surface area contributed by atoms with Crippen LogP contribution in [0.15, 0.2) is 47.5 Å². The molecule has 178 valence electrons. The normalized spacial score (nSPS) is 14.5. The Labute approximate surface area is 197 Å². The van der Waals surface area contributed by atoms with E-state index in [9.17, 15) is 14.4 Å². The van der Waals surface area contributed by atoms with Gasteiger partial charge in [0.15, 0.2) is 0 Å². The summed E-state index contributed by atoms with van der Waals surface area (Å²) in [6.07, 6.45) is 1.98. The van der Waals surface area contributed by atoms with Crippen LogP contribution < -0.4 is 20.9 Å². The number of amides is 2. The molecule has 1 fully saturated rings. The van der Waals surface area contributed by atoms with E-state index in [2.05, 4.69) is 20.5 Å². The minimum Gasteiger partial charge on any atom is -0.492 e. The number of hydrogen-bond acceptors (Lipinski definition) is 6. The standard InChI is InChI=1S/C25H29N5O4/c1-3-26-24(32)18-5-4-17(2)22(14-18)30-16-28-21-7-6-19(15-20(21)25(30)33)34-13-12-29-10-8-23(31)27-9-11-29/h4-7,14-16H,3,8-13H2,1-2H3,(H,26,32)(H,27,31). The molecule has 9 nitrogen and oxygen atoms in total. The first-order valence-corrected chi connectivity index (χ1v) is 11.5. The first-order chi connectivity index (χ1) is 16.5. The van der Waals surface area contributed by atoms with Crippen LogP contribution in [-0.2, 0) is 4.79 Å². The molecule has 0 unspecified atom stereocenters. The van der Waals surface area contributed by atoms with Crippen molar-refractivity contribution in [1.82, 2.24) is 25.1 Å². The molecular weight excluding hydrogens is 434 g/mol. The van der Waals surface area contributed by atoms with Crippen LogP contribution in [0.25, 0.3) is 16.6 Å². The maximum absolute atomic E-state index is 13.4. The Morgan fingerprint density at radius 3 is 2.85 bits per heavy atom. The second-order valence-corrected chi connectivity index (χ2v) is 8.25. The molecule has 2 amide bonds.